The molecular weight excluding hydrogens is 488 g/mol. The van der Waals surface area contributed by atoms with E-state index in [1.165, 1.54) is 0 Å². The SMILES string of the molecule is COc1cc(N(C(=O)COCCOCC(N)=O)c2cc(OC)cc3ccc(C)nc23)c2nc(C)ccc2c1. The van der Waals surface area contributed by atoms with Crippen molar-refractivity contribution >= 4 is 45.0 Å². The highest BCUT2D eigenvalue weighted by Crippen LogP contribution is 2.40. The molecule has 0 fully saturated rings. The molecule has 2 heterocycles. The number of amides is 2. The number of hydrogen-bond donors (Lipinski definition) is 1. The topological polar surface area (TPSA) is 126 Å². The number of aryl methyl sites for hydroxylation is 2. The van der Waals surface area contributed by atoms with Gasteiger partial charge in [-0.15, -0.1) is 0 Å². The summed E-state index contributed by atoms with van der Waals surface area (Å²) in [5, 5.41) is 1.61. The summed E-state index contributed by atoms with van der Waals surface area (Å²) in [6.07, 6.45) is 0. The Kier molecular flexibility index (Phi) is 8.35. The molecule has 0 radical (unpaired) electrons. The molecule has 0 unspecified atom stereocenters. The van der Waals surface area contributed by atoms with Crippen LogP contribution in [0.2, 0.25) is 0 Å². The molecule has 0 saturated heterocycles. The summed E-state index contributed by atoms with van der Waals surface area (Å²) in [5.74, 6) is 0.185. The standard InChI is InChI=1S/C28H30N4O6/c1-17-5-7-19-11-21(35-3)13-23(27(19)30-17)32(26(34)16-38-10-9-37-15-25(29)33)24-14-22(36-4)12-20-8-6-18(2)31-28(20)24/h5-8,11-14H,9-10,15-16H2,1-4H3,(H2,29,33). The number of pyridine rings is 2. The third kappa shape index (κ3) is 5.99. The summed E-state index contributed by atoms with van der Waals surface area (Å²) in [6, 6.07) is 14.9. The van der Waals surface area contributed by atoms with Crippen molar-refractivity contribution in [3.05, 3.63) is 59.9 Å². The number of benzene rings is 2. The first-order valence-corrected chi connectivity index (χ1v) is 12.0. The number of rotatable bonds is 11. The zero-order valence-corrected chi connectivity index (χ0v) is 21.8. The van der Waals surface area contributed by atoms with Crippen molar-refractivity contribution in [2.75, 3.05) is 45.5 Å². The summed E-state index contributed by atoms with van der Waals surface area (Å²) in [6.45, 7) is 3.50. The van der Waals surface area contributed by atoms with Crippen molar-refractivity contribution in [3.63, 3.8) is 0 Å². The van der Waals surface area contributed by atoms with Crippen LogP contribution < -0.4 is 20.1 Å². The van der Waals surface area contributed by atoms with Gasteiger partial charge in [0, 0.05) is 34.3 Å². The monoisotopic (exact) mass is 518 g/mol. The molecule has 0 aliphatic carbocycles. The average molecular weight is 519 g/mol. The second-order valence-corrected chi connectivity index (χ2v) is 8.64. The molecule has 0 spiro atoms. The molecule has 2 aromatic heterocycles. The van der Waals surface area contributed by atoms with E-state index in [1.54, 1.807) is 31.3 Å². The first-order valence-electron chi connectivity index (χ1n) is 12.0. The number of nitrogens with two attached hydrogens (primary N) is 1. The molecule has 10 heteroatoms. The molecule has 2 amide bonds. The number of carbonyl (C=O) groups excluding carboxylic acids is 2. The highest BCUT2D eigenvalue weighted by molar-refractivity contribution is 6.12. The fraction of sp³-hybridized carbons (Fsp3) is 0.286. The van der Waals surface area contributed by atoms with Gasteiger partial charge in [-0.05, 0) is 38.1 Å². The van der Waals surface area contributed by atoms with Gasteiger partial charge in [-0.25, -0.2) is 0 Å². The van der Waals surface area contributed by atoms with E-state index in [0.717, 1.165) is 22.2 Å². The minimum Gasteiger partial charge on any atom is -0.497 e. The molecule has 0 bridgehead atoms. The minimum atomic E-state index is -0.576. The zero-order valence-electron chi connectivity index (χ0n) is 21.8. The van der Waals surface area contributed by atoms with Crippen LogP contribution in [0.15, 0.2) is 48.5 Å². The highest BCUT2D eigenvalue weighted by atomic mass is 16.5. The van der Waals surface area contributed by atoms with Gasteiger partial charge in [-0.3, -0.25) is 24.5 Å². The first-order chi connectivity index (χ1) is 18.3. The maximum atomic E-state index is 13.9. The lowest BCUT2D eigenvalue weighted by molar-refractivity contribution is -0.125. The van der Waals surface area contributed by atoms with Gasteiger partial charge in [0.05, 0.1) is 49.8 Å². The molecule has 0 aliphatic rings. The lowest BCUT2D eigenvalue weighted by Crippen LogP contribution is -2.31. The van der Waals surface area contributed by atoms with Gasteiger partial charge < -0.3 is 24.7 Å². The number of hydrogen-bond acceptors (Lipinski definition) is 8. The van der Waals surface area contributed by atoms with Crippen molar-refractivity contribution in [2.24, 2.45) is 5.73 Å². The van der Waals surface area contributed by atoms with E-state index in [0.29, 0.717) is 33.9 Å². The number of anilines is 2. The van der Waals surface area contributed by atoms with Crippen molar-refractivity contribution < 1.29 is 28.5 Å². The van der Waals surface area contributed by atoms with Crippen molar-refractivity contribution in [1.82, 2.24) is 9.97 Å². The third-order valence-corrected chi connectivity index (χ3v) is 5.81. The number of ether oxygens (including phenoxy) is 4. The Balaban J connectivity index is 1.85. The van der Waals surface area contributed by atoms with Crippen LogP contribution in [-0.2, 0) is 19.1 Å². The molecule has 4 rings (SSSR count). The molecule has 2 N–H and O–H groups in total. The van der Waals surface area contributed by atoms with E-state index in [4.69, 9.17) is 34.6 Å². The van der Waals surface area contributed by atoms with Gasteiger partial charge in [0.2, 0.25) is 5.91 Å². The fourth-order valence-corrected chi connectivity index (χ4v) is 4.06. The van der Waals surface area contributed by atoms with E-state index < -0.39 is 5.91 Å². The number of carbonyl (C=O) groups is 2. The van der Waals surface area contributed by atoms with Crippen molar-refractivity contribution in [3.8, 4) is 11.5 Å². The fourth-order valence-electron chi connectivity index (χ4n) is 4.06. The van der Waals surface area contributed by atoms with Crippen LogP contribution in [0, 0.1) is 13.8 Å². The van der Waals surface area contributed by atoms with E-state index in [2.05, 4.69) is 0 Å². The van der Waals surface area contributed by atoms with E-state index >= 15 is 0 Å². The average Bonchev–Trinajstić information content (AvgIpc) is 2.90. The molecule has 4 aromatic rings. The Morgan fingerprint density at radius 1 is 0.763 bits per heavy atom. The van der Waals surface area contributed by atoms with Gasteiger partial charge in [0.25, 0.3) is 5.91 Å². The molecule has 0 aliphatic heterocycles. The van der Waals surface area contributed by atoms with Crippen LogP contribution in [0.3, 0.4) is 0 Å². The first kappa shape index (κ1) is 26.8. The maximum Gasteiger partial charge on any atom is 0.257 e. The quantitative estimate of drug-likeness (QED) is 0.299. The van der Waals surface area contributed by atoms with Gasteiger partial charge in [0.1, 0.15) is 24.7 Å². The Morgan fingerprint density at radius 3 is 1.68 bits per heavy atom. The minimum absolute atomic E-state index is 0.0965. The third-order valence-electron chi connectivity index (χ3n) is 5.81. The predicted octanol–water partition coefficient (Wildman–Crippen LogP) is 3.60. The Morgan fingerprint density at radius 2 is 1.24 bits per heavy atom. The summed E-state index contributed by atoms with van der Waals surface area (Å²) in [4.78, 5) is 35.8. The molecule has 0 saturated carbocycles. The largest absolute Gasteiger partial charge is 0.497 e. The molecular formula is C28H30N4O6. The van der Waals surface area contributed by atoms with Crippen LogP contribution in [0.1, 0.15) is 11.4 Å². The predicted molar refractivity (Wildman–Crippen MR) is 144 cm³/mol. The lowest BCUT2D eigenvalue weighted by Gasteiger charge is -2.26. The Labute approximate surface area is 220 Å². The van der Waals surface area contributed by atoms with Crippen LogP contribution in [0.4, 0.5) is 11.4 Å². The van der Waals surface area contributed by atoms with E-state index in [9.17, 15) is 9.59 Å². The summed E-state index contributed by atoms with van der Waals surface area (Å²) < 4.78 is 21.9. The van der Waals surface area contributed by atoms with E-state index in [1.807, 2.05) is 50.2 Å². The summed E-state index contributed by atoms with van der Waals surface area (Å²) in [7, 11) is 3.14. The van der Waals surface area contributed by atoms with Crippen LogP contribution in [0.5, 0.6) is 11.5 Å². The Hall–Kier alpha value is -4.28. The molecule has 198 valence electrons. The molecule has 0 atom stereocenters. The van der Waals surface area contributed by atoms with Crippen LogP contribution >= 0.6 is 0 Å². The number of methoxy groups -OCH3 is 2. The smallest absolute Gasteiger partial charge is 0.257 e. The molecule has 38 heavy (non-hydrogen) atoms. The zero-order chi connectivity index (χ0) is 27.2. The highest BCUT2D eigenvalue weighted by Gasteiger charge is 2.25. The van der Waals surface area contributed by atoms with Crippen LogP contribution in [-0.4, -0.2) is 62.4 Å². The van der Waals surface area contributed by atoms with Gasteiger partial charge in [-0.1, -0.05) is 12.1 Å². The van der Waals surface area contributed by atoms with E-state index in [-0.39, 0.29) is 32.3 Å². The number of nitrogens with zero attached hydrogens (tertiary/aromatic N) is 3. The number of aromatic nitrogens is 2. The molecule has 10 nitrogen and oxygen atoms in total. The number of fused-ring (bicyclic) bond motifs is 2. The van der Waals surface area contributed by atoms with Gasteiger partial charge in [0.15, 0.2) is 0 Å². The summed E-state index contributed by atoms with van der Waals surface area (Å²) in [5.41, 5.74) is 8.94. The van der Waals surface area contributed by atoms with Crippen molar-refractivity contribution in [2.45, 2.75) is 13.8 Å². The van der Waals surface area contributed by atoms with Crippen LogP contribution in [0.25, 0.3) is 21.8 Å². The maximum absolute atomic E-state index is 13.9. The number of primary amides is 1. The lowest BCUT2D eigenvalue weighted by atomic mass is 10.1. The van der Waals surface area contributed by atoms with Gasteiger partial charge >= 0.3 is 0 Å². The second-order valence-electron chi connectivity index (χ2n) is 8.64. The van der Waals surface area contributed by atoms with Gasteiger partial charge in [-0.2, -0.15) is 0 Å². The second kappa shape index (κ2) is 11.8. The van der Waals surface area contributed by atoms with Crippen molar-refractivity contribution in [1.29, 1.82) is 0 Å². The summed E-state index contributed by atoms with van der Waals surface area (Å²) >= 11 is 0. The normalized spacial score (nSPS) is 11.1. The molecule has 2 aromatic carbocycles. The Bertz CT molecular complexity index is 1400.